The van der Waals surface area contributed by atoms with Gasteiger partial charge in [-0.2, -0.15) is 0 Å². The average Bonchev–Trinajstić information content (AvgIpc) is 2.65. The molecule has 0 spiro atoms. The van der Waals surface area contributed by atoms with Gasteiger partial charge in [0.2, 0.25) is 5.91 Å². The van der Waals surface area contributed by atoms with Gasteiger partial charge in [0.1, 0.15) is 5.75 Å². The Morgan fingerprint density at radius 2 is 1.82 bits per heavy atom. The maximum absolute atomic E-state index is 12.8. The number of piperazine rings is 1. The Kier molecular flexibility index (Phi) is 6.02. The summed E-state index contributed by atoms with van der Waals surface area (Å²) in [6.45, 7) is 9.48. The minimum Gasteiger partial charge on any atom is -0.481 e. The summed E-state index contributed by atoms with van der Waals surface area (Å²) in [5, 5.41) is 0. The van der Waals surface area contributed by atoms with Crippen molar-refractivity contribution in [1.82, 2.24) is 9.80 Å². The van der Waals surface area contributed by atoms with Crippen molar-refractivity contribution in [1.29, 1.82) is 0 Å². The molecule has 1 aliphatic heterocycles. The Morgan fingerprint density at radius 1 is 1.07 bits per heavy atom. The van der Waals surface area contributed by atoms with Crippen LogP contribution in [0.3, 0.4) is 0 Å². The molecule has 0 radical (unpaired) electrons. The molecule has 5 heteroatoms. The van der Waals surface area contributed by atoms with E-state index in [4.69, 9.17) is 4.74 Å². The van der Waals surface area contributed by atoms with E-state index in [2.05, 4.69) is 6.07 Å². The fourth-order valence-corrected chi connectivity index (χ4v) is 3.43. The molecule has 0 aliphatic carbocycles. The zero-order valence-electron chi connectivity index (χ0n) is 17.1. The minimum absolute atomic E-state index is 0.0277. The highest BCUT2D eigenvalue weighted by Crippen LogP contribution is 2.21. The minimum atomic E-state index is -0.628. The second kappa shape index (κ2) is 8.46. The highest BCUT2D eigenvalue weighted by molar-refractivity contribution is 5.88. The molecule has 2 aromatic rings. The summed E-state index contributed by atoms with van der Waals surface area (Å²) in [4.78, 5) is 28.8. The molecule has 0 aromatic heterocycles. The van der Waals surface area contributed by atoms with Gasteiger partial charge < -0.3 is 14.5 Å². The molecule has 148 valence electrons. The summed E-state index contributed by atoms with van der Waals surface area (Å²) in [5.74, 6) is 0.537. The number of ether oxygens (including phenoxy) is 1. The molecule has 3 rings (SSSR count). The molecular formula is C23H28N2O3. The number of amides is 2. The molecule has 5 nitrogen and oxygen atoms in total. The number of aryl methyl sites for hydroxylation is 3. The molecule has 1 fully saturated rings. The summed E-state index contributed by atoms with van der Waals surface area (Å²) in [7, 11) is 0. The molecule has 2 amide bonds. The van der Waals surface area contributed by atoms with Gasteiger partial charge in [0, 0.05) is 19.6 Å². The Bertz CT molecular complexity index is 878. The van der Waals surface area contributed by atoms with Crippen molar-refractivity contribution < 1.29 is 14.3 Å². The zero-order valence-corrected chi connectivity index (χ0v) is 17.1. The third-order valence-corrected chi connectivity index (χ3v) is 5.08. The van der Waals surface area contributed by atoms with Crippen molar-refractivity contribution in [2.75, 3.05) is 19.6 Å². The Balaban J connectivity index is 1.59. The van der Waals surface area contributed by atoms with E-state index < -0.39 is 6.10 Å². The van der Waals surface area contributed by atoms with Crippen LogP contribution >= 0.6 is 0 Å². The van der Waals surface area contributed by atoms with Crippen LogP contribution in [0.1, 0.15) is 29.2 Å². The second-order valence-electron chi connectivity index (χ2n) is 7.59. The Hall–Kier alpha value is -2.82. The highest BCUT2D eigenvalue weighted by Gasteiger charge is 2.30. The van der Waals surface area contributed by atoms with Crippen molar-refractivity contribution in [2.24, 2.45) is 0 Å². The number of carbonyl (C=O) groups excluding carboxylic acids is 2. The number of rotatable bonds is 5. The van der Waals surface area contributed by atoms with Crippen LogP contribution in [0.15, 0.2) is 42.5 Å². The maximum Gasteiger partial charge on any atom is 0.263 e. The van der Waals surface area contributed by atoms with Gasteiger partial charge >= 0.3 is 0 Å². The highest BCUT2D eigenvalue weighted by atomic mass is 16.5. The van der Waals surface area contributed by atoms with Gasteiger partial charge in [-0.15, -0.1) is 0 Å². The first-order chi connectivity index (χ1) is 13.3. The molecule has 1 heterocycles. The van der Waals surface area contributed by atoms with Crippen molar-refractivity contribution in [3.05, 3.63) is 64.7 Å². The molecule has 1 aliphatic rings. The van der Waals surface area contributed by atoms with Crippen LogP contribution in [0.25, 0.3) is 0 Å². The van der Waals surface area contributed by atoms with Gasteiger partial charge in [-0.3, -0.25) is 9.59 Å². The number of benzene rings is 2. The topological polar surface area (TPSA) is 49.9 Å². The monoisotopic (exact) mass is 380 g/mol. The van der Waals surface area contributed by atoms with Gasteiger partial charge in [0.05, 0.1) is 6.54 Å². The van der Waals surface area contributed by atoms with E-state index in [0.717, 1.165) is 16.7 Å². The Morgan fingerprint density at radius 3 is 2.54 bits per heavy atom. The number of hydrogen-bond donors (Lipinski definition) is 0. The molecule has 0 unspecified atom stereocenters. The second-order valence-corrected chi connectivity index (χ2v) is 7.59. The normalized spacial score (nSPS) is 15.5. The lowest BCUT2D eigenvalue weighted by Crippen LogP contribution is -2.54. The molecule has 1 saturated heterocycles. The molecule has 0 bridgehead atoms. The fraction of sp³-hybridized carbons (Fsp3) is 0.391. The summed E-state index contributed by atoms with van der Waals surface area (Å²) in [6, 6.07) is 14.1. The summed E-state index contributed by atoms with van der Waals surface area (Å²) in [6.07, 6.45) is -0.628. The van der Waals surface area contributed by atoms with Crippen LogP contribution in [-0.4, -0.2) is 47.4 Å². The molecule has 2 aromatic carbocycles. The lowest BCUT2D eigenvalue weighted by atomic mass is 10.1. The van der Waals surface area contributed by atoms with Crippen molar-refractivity contribution in [2.45, 2.75) is 40.3 Å². The van der Waals surface area contributed by atoms with Crippen LogP contribution in [0.4, 0.5) is 0 Å². The largest absolute Gasteiger partial charge is 0.481 e. The van der Waals surface area contributed by atoms with E-state index in [1.807, 2.05) is 62.1 Å². The molecular weight excluding hydrogens is 352 g/mol. The lowest BCUT2D eigenvalue weighted by molar-refractivity contribution is -0.149. The van der Waals surface area contributed by atoms with Crippen LogP contribution in [-0.2, 0) is 16.1 Å². The van der Waals surface area contributed by atoms with Gasteiger partial charge in [-0.05, 0) is 50.5 Å². The quantitative estimate of drug-likeness (QED) is 0.800. The van der Waals surface area contributed by atoms with Crippen molar-refractivity contribution in [3.63, 3.8) is 0 Å². The fourth-order valence-electron chi connectivity index (χ4n) is 3.43. The van der Waals surface area contributed by atoms with E-state index >= 15 is 0 Å². The molecule has 1 atom stereocenters. The van der Waals surface area contributed by atoms with Gasteiger partial charge in [0.15, 0.2) is 6.10 Å². The number of nitrogens with zero attached hydrogens (tertiary/aromatic N) is 2. The van der Waals surface area contributed by atoms with E-state index in [-0.39, 0.29) is 18.4 Å². The summed E-state index contributed by atoms with van der Waals surface area (Å²) < 4.78 is 5.90. The first kappa shape index (κ1) is 19.9. The van der Waals surface area contributed by atoms with Crippen molar-refractivity contribution in [3.8, 4) is 5.75 Å². The van der Waals surface area contributed by atoms with Crippen molar-refractivity contribution >= 4 is 11.8 Å². The predicted octanol–water partition coefficient (Wildman–Crippen LogP) is 3.25. The summed E-state index contributed by atoms with van der Waals surface area (Å²) >= 11 is 0. The standard InChI is InChI=1S/C23H28N2O3/c1-16-6-5-7-20(12-16)14-24-10-11-25(15-22(24)26)23(27)19(4)28-21-13-17(2)8-9-18(21)3/h5-9,12-13,19H,10-11,14-15H2,1-4H3/t19-/m1/s1. The lowest BCUT2D eigenvalue weighted by Gasteiger charge is -2.35. The average molecular weight is 380 g/mol. The summed E-state index contributed by atoms with van der Waals surface area (Å²) in [5.41, 5.74) is 4.36. The molecule has 0 saturated carbocycles. The zero-order chi connectivity index (χ0) is 20.3. The third kappa shape index (κ3) is 4.71. The number of carbonyl (C=O) groups is 2. The van der Waals surface area contributed by atoms with E-state index in [1.165, 1.54) is 5.56 Å². The van der Waals surface area contributed by atoms with E-state index in [0.29, 0.717) is 25.4 Å². The van der Waals surface area contributed by atoms with Gasteiger partial charge in [-0.1, -0.05) is 42.0 Å². The Labute approximate surface area is 166 Å². The van der Waals surface area contributed by atoms with Crippen LogP contribution in [0, 0.1) is 20.8 Å². The molecule has 28 heavy (non-hydrogen) atoms. The third-order valence-electron chi connectivity index (χ3n) is 5.08. The first-order valence-corrected chi connectivity index (χ1v) is 9.69. The van der Waals surface area contributed by atoms with E-state index in [9.17, 15) is 9.59 Å². The maximum atomic E-state index is 12.8. The van der Waals surface area contributed by atoms with Crippen LogP contribution in [0.2, 0.25) is 0 Å². The molecule has 0 N–H and O–H groups in total. The SMILES string of the molecule is Cc1cccc(CN2CCN(C(=O)[C@@H](C)Oc3cc(C)ccc3C)CC2=O)c1. The van der Waals surface area contributed by atoms with Gasteiger partial charge in [0.25, 0.3) is 5.91 Å². The number of hydrogen-bond acceptors (Lipinski definition) is 3. The first-order valence-electron chi connectivity index (χ1n) is 9.69. The smallest absolute Gasteiger partial charge is 0.263 e. The predicted molar refractivity (Wildman–Crippen MR) is 109 cm³/mol. The van der Waals surface area contributed by atoms with Gasteiger partial charge in [-0.25, -0.2) is 0 Å². The van der Waals surface area contributed by atoms with Crippen LogP contribution in [0.5, 0.6) is 5.75 Å². The van der Waals surface area contributed by atoms with E-state index in [1.54, 1.807) is 11.8 Å². The van der Waals surface area contributed by atoms with Crippen LogP contribution < -0.4 is 4.74 Å².